The minimum atomic E-state index is 0.0249. The van der Waals surface area contributed by atoms with Crippen LogP contribution in [0.4, 0.5) is 0 Å². The van der Waals surface area contributed by atoms with Crippen molar-refractivity contribution in [2.45, 2.75) is 25.9 Å². The lowest BCUT2D eigenvalue weighted by Gasteiger charge is -2.10. The number of hydrogen-bond donors (Lipinski definition) is 1. The summed E-state index contributed by atoms with van der Waals surface area (Å²) < 4.78 is 12.3. The van der Waals surface area contributed by atoms with Crippen LogP contribution < -0.4 is 5.73 Å². The van der Waals surface area contributed by atoms with Crippen LogP contribution in [-0.4, -0.2) is 36.5 Å². The van der Waals surface area contributed by atoms with Gasteiger partial charge < -0.3 is 19.8 Å². The fourth-order valence-corrected chi connectivity index (χ4v) is 1.48. The average Bonchev–Trinajstić information content (AvgIpc) is 2.71. The zero-order valence-electron chi connectivity index (χ0n) is 10.1. The molecule has 2 N–H and O–H groups in total. The Morgan fingerprint density at radius 2 is 2.25 bits per heavy atom. The van der Waals surface area contributed by atoms with Gasteiger partial charge in [-0.05, 0) is 13.3 Å². The van der Waals surface area contributed by atoms with Gasteiger partial charge in [0.1, 0.15) is 0 Å². The Balaban J connectivity index is 2.19. The van der Waals surface area contributed by atoms with E-state index in [1.54, 1.807) is 7.11 Å². The quantitative estimate of drug-likeness (QED) is 0.672. The first-order chi connectivity index (χ1) is 7.75. The molecule has 0 aliphatic rings. The van der Waals surface area contributed by atoms with E-state index in [2.05, 4.69) is 9.55 Å². The maximum atomic E-state index is 5.82. The van der Waals surface area contributed by atoms with Gasteiger partial charge in [0.15, 0.2) is 0 Å². The SMILES string of the molecule is COCCOCCCn1cncc1[C@@H](C)N. The Morgan fingerprint density at radius 3 is 2.94 bits per heavy atom. The summed E-state index contributed by atoms with van der Waals surface area (Å²) in [5.41, 5.74) is 6.89. The normalized spacial score (nSPS) is 12.9. The van der Waals surface area contributed by atoms with Crippen molar-refractivity contribution in [1.82, 2.24) is 9.55 Å². The van der Waals surface area contributed by atoms with Crippen molar-refractivity contribution in [3.05, 3.63) is 18.2 Å². The third-order valence-electron chi connectivity index (χ3n) is 2.33. The third kappa shape index (κ3) is 4.30. The van der Waals surface area contributed by atoms with Gasteiger partial charge in [0.05, 0.1) is 25.2 Å². The molecule has 5 nitrogen and oxygen atoms in total. The number of nitrogens with two attached hydrogens (primary N) is 1. The van der Waals surface area contributed by atoms with Crippen molar-refractivity contribution in [3.8, 4) is 0 Å². The number of hydrogen-bond acceptors (Lipinski definition) is 4. The summed E-state index contributed by atoms with van der Waals surface area (Å²) in [6.45, 7) is 4.89. The molecule has 0 unspecified atom stereocenters. The van der Waals surface area contributed by atoms with E-state index >= 15 is 0 Å². The van der Waals surface area contributed by atoms with Crippen LogP contribution in [0.2, 0.25) is 0 Å². The van der Waals surface area contributed by atoms with Gasteiger partial charge >= 0.3 is 0 Å². The van der Waals surface area contributed by atoms with Gasteiger partial charge in [-0.25, -0.2) is 4.98 Å². The zero-order chi connectivity index (χ0) is 11.8. The molecule has 1 aromatic heterocycles. The van der Waals surface area contributed by atoms with E-state index in [-0.39, 0.29) is 6.04 Å². The molecule has 0 saturated carbocycles. The van der Waals surface area contributed by atoms with Gasteiger partial charge in [-0.2, -0.15) is 0 Å². The molecule has 0 amide bonds. The van der Waals surface area contributed by atoms with Crippen LogP contribution in [0.5, 0.6) is 0 Å². The van der Waals surface area contributed by atoms with Gasteiger partial charge in [0.2, 0.25) is 0 Å². The Kier molecular flexibility index (Phi) is 6.07. The van der Waals surface area contributed by atoms with Crippen LogP contribution in [0, 0.1) is 0 Å². The van der Waals surface area contributed by atoms with Crippen molar-refractivity contribution < 1.29 is 9.47 Å². The average molecular weight is 227 g/mol. The predicted molar refractivity (Wildman–Crippen MR) is 62.1 cm³/mol. The van der Waals surface area contributed by atoms with Crippen LogP contribution in [0.3, 0.4) is 0 Å². The van der Waals surface area contributed by atoms with E-state index in [0.29, 0.717) is 13.2 Å². The van der Waals surface area contributed by atoms with Crippen molar-refractivity contribution in [2.75, 3.05) is 26.9 Å². The number of aromatic nitrogens is 2. The Labute approximate surface area is 96.6 Å². The molecule has 0 aromatic carbocycles. The smallest absolute Gasteiger partial charge is 0.0948 e. The minimum absolute atomic E-state index is 0.0249. The third-order valence-corrected chi connectivity index (χ3v) is 2.33. The van der Waals surface area contributed by atoms with Gasteiger partial charge in [0, 0.05) is 32.5 Å². The van der Waals surface area contributed by atoms with Crippen molar-refractivity contribution in [2.24, 2.45) is 5.73 Å². The molecule has 92 valence electrons. The minimum Gasteiger partial charge on any atom is -0.382 e. The summed E-state index contributed by atoms with van der Waals surface area (Å²) in [6, 6.07) is 0.0249. The lowest BCUT2D eigenvalue weighted by molar-refractivity contribution is 0.0679. The van der Waals surface area contributed by atoms with Crippen molar-refractivity contribution >= 4 is 0 Å². The molecule has 0 bridgehead atoms. The Bertz CT molecular complexity index is 287. The molecular formula is C11H21N3O2. The van der Waals surface area contributed by atoms with Crippen molar-refractivity contribution in [1.29, 1.82) is 0 Å². The van der Waals surface area contributed by atoms with Crippen LogP contribution in [0.1, 0.15) is 25.1 Å². The second kappa shape index (κ2) is 7.38. The molecule has 5 heteroatoms. The maximum Gasteiger partial charge on any atom is 0.0948 e. The number of nitrogens with zero attached hydrogens (tertiary/aromatic N) is 2. The van der Waals surface area contributed by atoms with E-state index in [1.807, 2.05) is 19.4 Å². The van der Waals surface area contributed by atoms with E-state index in [9.17, 15) is 0 Å². The fraction of sp³-hybridized carbons (Fsp3) is 0.727. The standard InChI is InChI=1S/C11H21N3O2/c1-10(12)11-8-13-9-14(11)4-3-5-16-7-6-15-2/h8-10H,3-7,12H2,1-2H3/t10-/m1/s1. The van der Waals surface area contributed by atoms with Gasteiger partial charge in [-0.3, -0.25) is 0 Å². The first kappa shape index (κ1) is 13.2. The maximum absolute atomic E-state index is 5.82. The van der Waals surface area contributed by atoms with E-state index in [1.165, 1.54) is 0 Å². The van der Waals surface area contributed by atoms with Crippen LogP contribution >= 0.6 is 0 Å². The largest absolute Gasteiger partial charge is 0.382 e. The number of aryl methyl sites for hydroxylation is 1. The number of rotatable bonds is 8. The molecule has 1 heterocycles. The number of methoxy groups -OCH3 is 1. The fourth-order valence-electron chi connectivity index (χ4n) is 1.48. The molecule has 0 aliphatic heterocycles. The lowest BCUT2D eigenvalue weighted by Crippen LogP contribution is -2.13. The summed E-state index contributed by atoms with van der Waals surface area (Å²) in [5.74, 6) is 0. The van der Waals surface area contributed by atoms with Gasteiger partial charge in [-0.1, -0.05) is 0 Å². The molecule has 0 fully saturated rings. The number of ether oxygens (including phenoxy) is 2. The first-order valence-corrected chi connectivity index (χ1v) is 5.58. The van der Waals surface area contributed by atoms with Crippen LogP contribution in [0.15, 0.2) is 12.5 Å². The lowest BCUT2D eigenvalue weighted by atomic mass is 10.2. The number of imidazole rings is 1. The molecule has 0 radical (unpaired) electrons. The monoisotopic (exact) mass is 227 g/mol. The highest BCUT2D eigenvalue weighted by atomic mass is 16.5. The van der Waals surface area contributed by atoms with Crippen molar-refractivity contribution in [3.63, 3.8) is 0 Å². The molecule has 16 heavy (non-hydrogen) atoms. The second-order valence-electron chi connectivity index (χ2n) is 3.76. The highest BCUT2D eigenvalue weighted by molar-refractivity contribution is 5.02. The summed E-state index contributed by atoms with van der Waals surface area (Å²) >= 11 is 0. The van der Waals surface area contributed by atoms with Gasteiger partial charge in [0.25, 0.3) is 0 Å². The highest BCUT2D eigenvalue weighted by Crippen LogP contribution is 2.08. The van der Waals surface area contributed by atoms with E-state index < -0.39 is 0 Å². The summed E-state index contributed by atoms with van der Waals surface area (Å²) in [6.07, 6.45) is 4.59. The summed E-state index contributed by atoms with van der Waals surface area (Å²) in [4.78, 5) is 4.09. The van der Waals surface area contributed by atoms with E-state index in [4.69, 9.17) is 15.2 Å². The van der Waals surface area contributed by atoms with Crippen LogP contribution in [-0.2, 0) is 16.0 Å². The Hall–Kier alpha value is -0.910. The van der Waals surface area contributed by atoms with Crippen LogP contribution in [0.25, 0.3) is 0 Å². The molecule has 0 aliphatic carbocycles. The molecule has 1 aromatic rings. The summed E-state index contributed by atoms with van der Waals surface area (Å²) in [7, 11) is 1.67. The zero-order valence-corrected chi connectivity index (χ0v) is 10.1. The highest BCUT2D eigenvalue weighted by Gasteiger charge is 2.05. The second-order valence-corrected chi connectivity index (χ2v) is 3.76. The molecule has 0 saturated heterocycles. The first-order valence-electron chi connectivity index (χ1n) is 5.58. The van der Waals surface area contributed by atoms with Gasteiger partial charge in [-0.15, -0.1) is 0 Å². The predicted octanol–water partition coefficient (Wildman–Crippen LogP) is 0.956. The molecular weight excluding hydrogens is 206 g/mol. The molecule has 0 spiro atoms. The molecule has 1 rings (SSSR count). The summed E-state index contributed by atoms with van der Waals surface area (Å²) in [5, 5.41) is 0. The molecule has 1 atom stereocenters. The topological polar surface area (TPSA) is 62.3 Å². The van der Waals surface area contributed by atoms with E-state index in [0.717, 1.165) is 25.3 Å². The Morgan fingerprint density at radius 1 is 1.44 bits per heavy atom.